The fraction of sp³-hybridized carbons (Fsp3) is 0.725. The van der Waals surface area contributed by atoms with Crippen molar-refractivity contribution in [3.05, 3.63) is 72.9 Å². The molecule has 1 rings (SSSR count). The zero-order valence-corrected chi connectivity index (χ0v) is 40.7. The normalized spacial score (nSPS) is 22.0. The largest absolute Gasteiger partial charge is 0.472 e. The number of carbonyl (C=O) groups excluding carboxylic acids is 2. The Hall–Kier alpha value is -2.71. The SMILES string of the molecule is CCCCC/C=C\C/C=C\C/C=C\C/C=C\CCCCCC(=O)O[C@H](COC(=O)CCCCCCCCC/C=C\C/C=C\CCCCC)COP(=O)(O)OC1C(O)C(O)C(O)[C@@H](O)C1O. The van der Waals surface area contributed by atoms with E-state index in [2.05, 4.69) is 86.8 Å². The molecule has 6 unspecified atom stereocenters. The van der Waals surface area contributed by atoms with E-state index >= 15 is 0 Å². The molecule has 1 saturated carbocycles. The van der Waals surface area contributed by atoms with E-state index in [1.54, 1.807) is 0 Å². The van der Waals surface area contributed by atoms with Gasteiger partial charge in [-0.25, -0.2) is 4.57 Å². The van der Waals surface area contributed by atoms with E-state index in [0.717, 1.165) is 103 Å². The number of esters is 2. The fourth-order valence-corrected chi connectivity index (χ4v) is 7.98. The van der Waals surface area contributed by atoms with Gasteiger partial charge in [-0.05, 0) is 89.9 Å². The lowest BCUT2D eigenvalue weighted by atomic mass is 9.85. The smallest absolute Gasteiger partial charge is 0.462 e. The molecule has 0 radical (unpaired) electrons. The van der Waals surface area contributed by atoms with Crippen LogP contribution in [0.1, 0.15) is 181 Å². The summed E-state index contributed by atoms with van der Waals surface area (Å²) in [5.41, 5.74) is 0. The predicted octanol–water partition coefficient (Wildman–Crippen LogP) is 10.3. The maximum atomic E-state index is 12.8. The van der Waals surface area contributed by atoms with Crippen molar-refractivity contribution in [1.82, 2.24) is 0 Å². The van der Waals surface area contributed by atoms with Crippen LogP contribution in [0.3, 0.4) is 0 Å². The van der Waals surface area contributed by atoms with E-state index in [4.69, 9.17) is 18.5 Å². The predicted molar refractivity (Wildman–Crippen MR) is 258 cm³/mol. The van der Waals surface area contributed by atoms with Crippen molar-refractivity contribution in [3.8, 4) is 0 Å². The molecule has 0 amide bonds. The summed E-state index contributed by atoms with van der Waals surface area (Å²) in [4.78, 5) is 35.8. The molecule has 8 atom stereocenters. The van der Waals surface area contributed by atoms with Gasteiger partial charge < -0.3 is 39.9 Å². The number of phosphoric ester groups is 1. The molecule has 374 valence electrons. The van der Waals surface area contributed by atoms with Gasteiger partial charge in [0.15, 0.2) is 6.10 Å². The van der Waals surface area contributed by atoms with Crippen molar-refractivity contribution in [3.63, 3.8) is 0 Å². The Labute approximate surface area is 391 Å². The molecule has 13 nitrogen and oxygen atoms in total. The second-order valence-electron chi connectivity index (χ2n) is 17.0. The lowest BCUT2D eigenvalue weighted by Crippen LogP contribution is -2.64. The molecule has 0 aromatic heterocycles. The maximum Gasteiger partial charge on any atom is 0.472 e. The standard InChI is InChI=1S/C51H87O13P/c1-3-5-7-9-11-13-15-17-19-21-22-24-26-28-30-32-34-36-38-40-45(53)63-43(42-62-65(59,60)64-51-49(57)47(55)46(54)48(56)50(51)58)41-61-44(52)39-37-35-33-31-29-27-25-23-20-18-16-14-12-10-8-6-4-2/h11-14,17-20,22,24,28,30,43,46-51,54-58H,3-10,15-16,21,23,25-27,29,31-42H2,1-2H3,(H,59,60)/b13-11-,14-12-,19-17-,20-18-,24-22-,30-28-/t43-,46?,47-,48?,49?,50?,51?/m1/s1. The van der Waals surface area contributed by atoms with Crippen LogP contribution in [0.4, 0.5) is 0 Å². The van der Waals surface area contributed by atoms with Crippen LogP contribution in [-0.4, -0.2) is 98.3 Å². The number of aliphatic hydroxyl groups excluding tert-OH is 5. The molecule has 1 aliphatic carbocycles. The first-order chi connectivity index (χ1) is 31.4. The first-order valence-electron chi connectivity index (χ1n) is 24.7. The molecular weight excluding hydrogens is 852 g/mol. The quantitative estimate of drug-likeness (QED) is 0.0146. The van der Waals surface area contributed by atoms with Gasteiger partial charge in [0.2, 0.25) is 0 Å². The van der Waals surface area contributed by atoms with Crippen molar-refractivity contribution >= 4 is 19.8 Å². The monoisotopic (exact) mass is 939 g/mol. The van der Waals surface area contributed by atoms with Crippen LogP contribution in [0.2, 0.25) is 0 Å². The number of hydrogen-bond donors (Lipinski definition) is 6. The van der Waals surface area contributed by atoms with Gasteiger partial charge in [-0.3, -0.25) is 18.6 Å². The average molecular weight is 939 g/mol. The molecule has 0 spiro atoms. The molecular formula is C51H87O13P. The summed E-state index contributed by atoms with van der Waals surface area (Å²) in [5, 5.41) is 50.2. The van der Waals surface area contributed by atoms with E-state index in [1.165, 1.54) is 38.5 Å². The first-order valence-corrected chi connectivity index (χ1v) is 26.2. The number of aliphatic hydroxyl groups is 5. The highest BCUT2D eigenvalue weighted by Crippen LogP contribution is 2.47. The van der Waals surface area contributed by atoms with Crippen LogP contribution < -0.4 is 0 Å². The van der Waals surface area contributed by atoms with E-state index in [0.29, 0.717) is 12.8 Å². The first kappa shape index (κ1) is 60.3. The van der Waals surface area contributed by atoms with Crippen LogP contribution in [0.25, 0.3) is 0 Å². The minimum Gasteiger partial charge on any atom is -0.462 e. The van der Waals surface area contributed by atoms with Crippen LogP contribution in [0.15, 0.2) is 72.9 Å². The van der Waals surface area contributed by atoms with Gasteiger partial charge in [0, 0.05) is 12.8 Å². The highest BCUT2D eigenvalue weighted by Gasteiger charge is 2.51. The van der Waals surface area contributed by atoms with Gasteiger partial charge >= 0.3 is 19.8 Å². The summed E-state index contributed by atoms with van der Waals surface area (Å²) in [5.74, 6) is -1.15. The Kier molecular flexibility index (Phi) is 37.5. The Bertz CT molecular complexity index is 1410. The zero-order chi connectivity index (χ0) is 47.8. The molecule has 0 bridgehead atoms. The number of ether oxygens (including phenoxy) is 2. The van der Waals surface area contributed by atoms with Crippen LogP contribution >= 0.6 is 7.82 Å². The Morgan fingerprint density at radius 2 is 0.831 bits per heavy atom. The van der Waals surface area contributed by atoms with Gasteiger partial charge in [-0.2, -0.15) is 0 Å². The average Bonchev–Trinajstić information content (AvgIpc) is 3.29. The van der Waals surface area contributed by atoms with Gasteiger partial charge in [0.25, 0.3) is 0 Å². The zero-order valence-electron chi connectivity index (χ0n) is 39.8. The maximum absolute atomic E-state index is 12.8. The number of phosphoric acid groups is 1. The van der Waals surface area contributed by atoms with Crippen molar-refractivity contribution in [2.45, 2.75) is 224 Å². The third kappa shape index (κ3) is 32.6. The van der Waals surface area contributed by atoms with Crippen molar-refractivity contribution in [2.24, 2.45) is 0 Å². The van der Waals surface area contributed by atoms with E-state index in [1.807, 2.05) is 0 Å². The molecule has 0 aromatic rings. The minimum atomic E-state index is -5.14. The highest BCUT2D eigenvalue weighted by molar-refractivity contribution is 7.47. The van der Waals surface area contributed by atoms with E-state index in [9.17, 15) is 44.6 Å². The molecule has 0 heterocycles. The number of rotatable bonds is 40. The molecule has 0 aromatic carbocycles. The van der Waals surface area contributed by atoms with Gasteiger partial charge in [-0.15, -0.1) is 0 Å². The third-order valence-corrected chi connectivity index (χ3v) is 12.0. The van der Waals surface area contributed by atoms with Crippen molar-refractivity contribution in [2.75, 3.05) is 13.2 Å². The second kappa shape index (κ2) is 40.4. The Morgan fingerprint density at radius 3 is 1.28 bits per heavy atom. The number of carbonyl (C=O) groups is 2. The summed E-state index contributed by atoms with van der Waals surface area (Å²) < 4.78 is 33.6. The van der Waals surface area contributed by atoms with Crippen LogP contribution in [-0.2, 0) is 32.7 Å². The van der Waals surface area contributed by atoms with Crippen molar-refractivity contribution < 1.29 is 63.1 Å². The summed E-state index contributed by atoms with van der Waals surface area (Å²) in [7, 11) is -5.14. The van der Waals surface area contributed by atoms with Crippen LogP contribution in [0.5, 0.6) is 0 Å². The summed E-state index contributed by atoms with van der Waals surface area (Å²) in [6.45, 7) is 3.22. The highest BCUT2D eigenvalue weighted by atomic mass is 31.2. The Morgan fingerprint density at radius 1 is 0.477 bits per heavy atom. The van der Waals surface area contributed by atoms with Gasteiger partial charge in [0.05, 0.1) is 6.61 Å². The second-order valence-corrected chi connectivity index (χ2v) is 18.4. The summed E-state index contributed by atoms with van der Waals surface area (Å²) >= 11 is 0. The molecule has 6 N–H and O–H groups in total. The number of unbranched alkanes of at least 4 members (excludes halogenated alkanes) is 16. The fourth-order valence-electron chi connectivity index (χ4n) is 7.01. The molecule has 0 saturated heterocycles. The van der Waals surface area contributed by atoms with Crippen molar-refractivity contribution in [1.29, 1.82) is 0 Å². The van der Waals surface area contributed by atoms with Gasteiger partial charge in [-0.1, -0.05) is 151 Å². The summed E-state index contributed by atoms with van der Waals surface area (Å²) in [6, 6.07) is 0. The molecule has 14 heteroatoms. The molecule has 1 fully saturated rings. The third-order valence-electron chi connectivity index (χ3n) is 11.0. The molecule has 65 heavy (non-hydrogen) atoms. The molecule has 0 aliphatic heterocycles. The number of allylic oxidation sites excluding steroid dienone is 12. The Balaban J connectivity index is 2.47. The van der Waals surface area contributed by atoms with E-state index < -0.39 is 75.7 Å². The lowest BCUT2D eigenvalue weighted by Gasteiger charge is -2.41. The minimum absolute atomic E-state index is 0.0540. The number of hydrogen-bond acceptors (Lipinski definition) is 12. The lowest BCUT2D eigenvalue weighted by molar-refractivity contribution is -0.220. The van der Waals surface area contributed by atoms with Gasteiger partial charge in [0.1, 0.15) is 43.2 Å². The van der Waals surface area contributed by atoms with E-state index in [-0.39, 0.29) is 12.8 Å². The summed E-state index contributed by atoms with van der Waals surface area (Å²) in [6.07, 6.45) is 38.0. The topological polar surface area (TPSA) is 210 Å². The van der Waals surface area contributed by atoms with Crippen LogP contribution in [0, 0.1) is 0 Å². The molecule has 1 aliphatic rings.